The van der Waals surface area contributed by atoms with E-state index in [1.807, 2.05) is 36.7 Å². The van der Waals surface area contributed by atoms with E-state index in [2.05, 4.69) is 9.97 Å². The first-order valence-corrected chi connectivity index (χ1v) is 7.15. The predicted molar refractivity (Wildman–Crippen MR) is 79.2 cm³/mol. The summed E-state index contributed by atoms with van der Waals surface area (Å²) in [5.74, 6) is 0.606. The molecule has 3 heterocycles. The summed E-state index contributed by atoms with van der Waals surface area (Å²) in [6.45, 7) is 4.36. The Kier molecular flexibility index (Phi) is 3.19. The van der Waals surface area contributed by atoms with Crippen LogP contribution in [-0.4, -0.2) is 19.6 Å². The molecular formula is C14H15N3O2S. The highest BCUT2D eigenvalue weighted by Gasteiger charge is 2.12. The van der Waals surface area contributed by atoms with E-state index >= 15 is 0 Å². The molecule has 0 aliphatic heterocycles. The predicted octanol–water partition coefficient (Wildman–Crippen LogP) is 1.94. The van der Waals surface area contributed by atoms with Crippen molar-refractivity contribution in [3.63, 3.8) is 0 Å². The summed E-state index contributed by atoms with van der Waals surface area (Å²) in [6.07, 6.45) is 1.86. The quantitative estimate of drug-likeness (QED) is 0.774. The third-order valence-corrected chi connectivity index (χ3v) is 4.59. The zero-order valence-corrected chi connectivity index (χ0v) is 12.1. The summed E-state index contributed by atoms with van der Waals surface area (Å²) in [5.41, 5.74) is 1.71. The number of hydrogen-bond acceptors (Lipinski definition) is 4. The number of aryl methyl sites for hydroxylation is 2. The van der Waals surface area contributed by atoms with Crippen molar-refractivity contribution in [3.8, 4) is 0 Å². The molecule has 0 aliphatic rings. The zero-order valence-electron chi connectivity index (χ0n) is 11.3. The normalized spacial score (nSPS) is 11.3. The van der Waals surface area contributed by atoms with Crippen molar-refractivity contribution < 1.29 is 5.11 Å². The lowest BCUT2D eigenvalue weighted by atomic mass is 10.2. The van der Waals surface area contributed by atoms with Crippen LogP contribution >= 0.6 is 11.3 Å². The van der Waals surface area contributed by atoms with E-state index in [0.717, 1.165) is 21.0 Å². The molecule has 0 amide bonds. The average Bonchev–Trinajstić information content (AvgIpc) is 2.95. The number of nitrogens with one attached hydrogen (secondary N) is 1. The molecule has 3 rings (SSSR count). The lowest BCUT2D eigenvalue weighted by molar-refractivity contribution is 0.271. The largest absolute Gasteiger partial charge is 0.390 e. The van der Waals surface area contributed by atoms with Crippen LogP contribution in [0.1, 0.15) is 22.0 Å². The standard InChI is InChI=1S/C14H15N3O2S/c1-8-9(2)20-14-12(8)13(19)15-11(16-14)6-17-5-3-4-10(17)7-18/h3-5,18H,6-7H2,1-2H3,(H,15,16,19). The Labute approximate surface area is 119 Å². The molecule has 0 aromatic carbocycles. The molecule has 2 N–H and O–H groups in total. The number of aromatic amines is 1. The van der Waals surface area contributed by atoms with Crippen molar-refractivity contribution in [2.75, 3.05) is 0 Å². The molecule has 0 atom stereocenters. The van der Waals surface area contributed by atoms with Crippen LogP contribution < -0.4 is 5.56 Å². The minimum atomic E-state index is -0.0930. The molecule has 3 aromatic rings. The van der Waals surface area contributed by atoms with Crippen molar-refractivity contribution in [2.45, 2.75) is 27.0 Å². The SMILES string of the molecule is Cc1sc2nc(Cn3cccc3CO)[nH]c(=O)c2c1C. The highest BCUT2D eigenvalue weighted by atomic mass is 32.1. The van der Waals surface area contributed by atoms with Crippen molar-refractivity contribution in [3.05, 3.63) is 50.6 Å². The highest BCUT2D eigenvalue weighted by molar-refractivity contribution is 7.18. The third-order valence-electron chi connectivity index (χ3n) is 3.49. The number of aliphatic hydroxyl groups excluding tert-OH is 1. The molecule has 0 aliphatic carbocycles. The summed E-state index contributed by atoms with van der Waals surface area (Å²) in [6, 6.07) is 3.71. The second-order valence-corrected chi connectivity index (χ2v) is 5.96. The Hall–Kier alpha value is -1.92. The van der Waals surface area contributed by atoms with Gasteiger partial charge in [-0.1, -0.05) is 0 Å². The summed E-state index contributed by atoms with van der Waals surface area (Å²) in [4.78, 5) is 21.4. The van der Waals surface area contributed by atoms with Crippen molar-refractivity contribution in [2.24, 2.45) is 0 Å². The number of thiophene rings is 1. The van der Waals surface area contributed by atoms with Crippen molar-refractivity contribution >= 4 is 21.6 Å². The van der Waals surface area contributed by atoms with Crippen LogP contribution in [0.4, 0.5) is 0 Å². The second kappa shape index (κ2) is 4.88. The first-order valence-electron chi connectivity index (χ1n) is 6.34. The maximum atomic E-state index is 12.2. The Bertz CT molecular complexity index is 829. The van der Waals surface area contributed by atoms with E-state index in [4.69, 9.17) is 0 Å². The fourth-order valence-electron chi connectivity index (χ4n) is 2.28. The Morgan fingerprint density at radius 2 is 2.25 bits per heavy atom. The van der Waals surface area contributed by atoms with Crippen LogP contribution in [0.25, 0.3) is 10.2 Å². The van der Waals surface area contributed by atoms with Crippen LogP contribution in [0.2, 0.25) is 0 Å². The lowest BCUT2D eigenvalue weighted by Crippen LogP contribution is -2.14. The van der Waals surface area contributed by atoms with Gasteiger partial charge in [-0.15, -0.1) is 11.3 Å². The minimum Gasteiger partial charge on any atom is -0.390 e. The second-order valence-electron chi connectivity index (χ2n) is 4.76. The molecule has 0 bridgehead atoms. The van der Waals surface area contributed by atoms with Gasteiger partial charge in [0, 0.05) is 16.8 Å². The number of nitrogens with zero attached hydrogens (tertiary/aromatic N) is 2. The average molecular weight is 289 g/mol. The molecule has 0 radical (unpaired) electrons. The molecule has 5 nitrogen and oxygen atoms in total. The van der Waals surface area contributed by atoms with Gasteiger partial charge in [0.15, 0.2) is 0 Å². The van der Waals surface area contributed by atoms with Gasteiger partial charge < -0.3 is 14.7 Å². The highest BCUT2D eigenvalue weighted by Crippen LogP contribution is 2.25. The molecular weight excluding hydrogens is 274 g/mol. The van der Waals surface area contributed by atoms with E-state index in [9.17, 15) is 9.90 Å². The minimum absolute atomic E-state index is 0.0311. The van der Waals surface area contributed by atoms with Crippen LogP contribution in [0.3, 0.4) is 0 Å². The number of fused-ring (bicyclic) bond motifs is 1. The Morgan fingerprint density at radius 3 is 3.00 bits per heavy atom. The van der Waals surface area contributed by atoms with E-state index in [0.29, 0.717) is 17.8 Å². The topological polar surface area (TPSA) is 70.9 Å². The third kappa shape index (κ3) is 2.07. The molecule has 6 heteroatoms. The first-order chi connectivity index (χ1) is 9.60. The monoisotopic (exact) mass is 289 g/mol. The smallest absolute Gasteiger partial charge is 0.259 e. The zero-order chi connectivity index (χ0) is 14.3. The van der Waals surface area contributed by atoms with Gasteiger partial charge in [0.1, 0.15) is 10.7 Å². The summed E-state index contributed by atoms with van der Waals surface area (Å²) >= 11 is 1.54. The van der Waals surface area contributed by atoms with E-state index in [1.54, 1.807) is 0 Å². The van der Waals surface area contributed by atoms with Crippen molar-refractivity contribution in [1.82, 2.24) is 14.5 Å². The van der Waals surface area contributed by atoms with Crippen LogP contribution in [-0.2, 0) is 13.2 Å². The number of H-pyrrole nitrogens is 1. The van der Waals surface area contributed by atoms with Crippen LogP contribution in [0.15, 0.2) is 23.1 Å². The molecule has 0 saturated carbocycles. The van der Waals surface area contributed by atoms with Crippen molar-refractivity contribution in [1.29, 1.82) is 0 Å². The van der Waals surface area contributed by atoms with Gasteiger partial charge in [0.05, 0.1) is 18.5 Å². The summed E-state index contributed by atoms with van der Waals surface area (Å²) in [7, 11) is 0. The van der Waals surface area contributed by atoms with Gasteiger partial charge >= 0.3 is 0 Å². The van der Waals surface area contributed by atoms with E-state index < -0.39 is 0 Å². The first kappa shape index (κ1) is 13.1. The number of rotatable bonds is 3. The van der Waals surface area contributed by atoms with Gasteiger partial charge in [-0.05, 0) is 31.5 Å². The molecule has 0 fully saturated rings. The Balaban J connectivity index is 2.07. The number of hydrogen-bond donors (Lipinski definition) is 2. The Morgan fingerprint density at radius 1 is 1.45 bits per heavy atom. The van der Waals surface area contributed by atoms with Gasteiger partial charge in [-0.25, -0.2) is 4.98 Å². The molecule has 0 spiro atoms. The van der Waals surface area contributed by atoms with Gasteiger partial charge in [-0.2, -0.15) is 0 Å². The van der Waals surface area contributed by atoms with Gasteiger partial charge in [-0.3, -0.25) is 4.79 Å². The lowest BCUT2D eigenvalue weighted by Gasteiger charge is -2.06. The summed E-state index contributed by atoms with van der Waals surface area (Å²) < 4.78 is 1.87. The fraction of sp³-hybridized carbons (Fsp3) is 0.286. The molecule has 104 valence electrons. The molecule has 0 unspecified atom stereocenters. The maximum absolute atomic E-state index is 12.2. The summed E-state index contributed by atoms with van der Waals surface area (Å²) in [5, 5.41) is 9.93. The number of aromatic nitrogens is 3. The molecule has 0 saturated heterocycles. The van der Waals surface area contributed by atoms with Crippen LogP contribution in [0, 0.1) is 13.8 Å². The van der Waals surface area contributed by atoms with E-state index in [1.165, 1.54) is 11.3 Å². The van der Waals surface area contributed by atoms with Gasteiger partial charge in [0.2, 0.25) is 0 Å². The van der Waals surface area contributed by atoms with Gasteiger partial charge in [0.25, 0.3) is 5.56 Å². The number of aliphatic hydroxyl groups is 1. The fourth-order valence-corrected chi connectivity index (χ4v) is 3.33. The maximum Gasteiger partial charge on any atom is 0.259 e. The molecule has 3 aromatic heterocycles. The van der Waals surface area contributed by atoms with Crippen LogP contribution in [0.5, 0.6) is 0 Å². The van der Waals surface area contributed by atoms with E-state index in [-0.39, 0.29) is 12.2 Å². The molecule has 20 heavy (non-hydrogen) atoms.